The highest BCUT2D eigenvalue weighted by Crippen LogP contribution is 2.19. The normalized spacial score (nSPS) is 11.7. The quantitative estimate of drug-likeness (QED) is 0.787. The molecule has 0 radical (unpaired) electrons. The molecule has 0 amide bonds. The summed E-state index contributed by atoms with van der Waals surface area (Å²) in [6, 6.07) is 8.85. The van der Waals surface area contributed by atoms with Gasteiger partial charge in [0.15, 0.2) is 0 Å². The van der Waals surface area contributed by atoms with E-state index >= 15 is 0 Å². The van der Waals surface area contributed by atoms with Crippen molar-refractivity contribution >= 4 is 22.7 Å². The van der Waals surface area contributed by atoms with E-state index in [-0.39, 0.29) is 0 Å². The minimum absolute atomic E-state index is 0.714. The third-order valence-electron chi connectivity index (χ3n) is 3.00. The Labute approximate surface area is 130 Å². The van der Waals surface area contributed by atoms with Crippen LogP contribution in [-0.4, -0.2) is 18.5 Å². The van der Waals surface area contributed by atoms with Gasteiger partial charge >= 0.3 is 0 Å². The van der Waals surface area contributed by atoms with Gasteiger partial charge in [-0.05, 0) is 43.1 Å². The Hall–Kier alpha value is -0.680. The zero-order valence-corrected chi connectivity index (χ0v) is 14.2. The lowest BCUT2D eigenvalue weighted by Crippen LogP contribution is -2.18. The molecule has 0 unspecified atom stereocenters. The zero-order valence-electron chi connectivity index (χ0n) is 12.6. The van der Waals surface area contributed by atoms with Gasteiger partial charge in [0, 0.05) is 34.3 Å². The summed E-state index contributed by atoms with van der Waals surface area (Å²) in [5.41, 5.74) is 0. The Morgan fingerprint density at radius 3 is 2.55 bits per heavy atom. The molecule has 0 aromatic carbocycles. The average Bonchev–Trinajstić information content (AvgIpc) is 3.01. The second kappa shape index (κ2) is 7.93. The van der Waals surface area contributed by atoms with Crippen molar-refractivity contribution in [3.8, 4) is 0 Å². The van der Waals surface area contributed by atoms with Crippen LogP contribution in [0.1, 0.15) is 28.5 Å². The van der Waals surface area contributed by atoms with Crippen molar-refractivity contribution in [2.75, 3.05) is 13.6 Å². The molecule has 0 aliphatic heterocycles. The van der Waals surface area contributed by atoms with Crippen molar-refractivity contribution in [1.82, 2.24) is 10.2 Å². The molecule has 20 heavy (non-hydrogen) atoms. The molecule has 0 atom stereocenters. The molecule has 4 heteroatoms. The van der Waals surface area contributed by atoms with E-state index in [2.05, 4.69) is 60.8 Å². The molecule has 0 spiro atoms. The molecule has 2 heterocycles. The summed E-state index contributed by atoms with van der Waals surface area (Å²) >= 11 is 3.76. The van der Waals surface area contributed by atoms with Gasteiger partial charge in [-0.3, -0.25) is 4.90 Å². The first-order valence-electron chi connectivity index (χ1n) is 7.12. The lowest BCUT2D eigenvalue weighted by atomic mass is 10.2. The number of thiophene rings is 2. The zero-order chi connectivity index (χ0) is 14.4. The van der Waals surface area contributed by atoms with Crippen molar-refractivity contribution < 1.29 is 0 Å². The van der Waals surface area contributed by atoms with Gasteiger partial charge in [0.2, 0.25) is 0 Å². The van der Waals surface area contributed by atoms with Crippen LogP contribution in [0.25, 0.3) is 0 Å². The summed E-state index contributed by atoms with van der Waals surface area (Å²) in [5, 5.41) is 5.65. The molecule has 2 aromatic rings. The van der Waals surface area contributed by atoms with Crippen molar-refractivity contribution in [2.24, 2.45) is 5.92 Å². The van der Waals surface area contributed by atoms with E-state index in [1.807, 2.05) is 22.7 Å². The lowest BCUT2D eigenvalue weighted by Gasteiger charge is -2.14. The standard InChI is InChI=1S/C16H24N2S2/c1-13(2)9-17-10-14-6-7-16(20-14)12-18(3)11-15-5-4-8-19-15/h4-8,13,17H,9-12H2,1-3H3. The highest BCUT2D eigenvalue weighted by molar-refractivity contribution is 7.12. The first-order valence-corrected chi connectivity index (χ1v) is 8.82. The van der Waals surface area contributed by atoms with Gasteiger partial charge in [-0.25, -0.2) is 0 Å². The van der Waals surface area contributed by atoms with Crippen LogP contribution in [0.5, 0.6) is 0 Å². The number of hydrogen-bond donors (Lipinski definition) is 1. The smallest absolute Gasteiger partial charge is 0.0328 e. The van der Waals surface area contributed by atoms with Crippen LogP contribution in [-0.2, 0) is 19.6 Å². The van der Waals surface area contributed by atoms with Crippen LogP contribution >= 0.6 is 22.7 Å². The SMILES string of the molecule is CC(C)CNCc1ccc(CN(C)Cc2cccs2)s1. The summed E-state index contributed by atoms with van der Waals surface area (Å²) < 4.78 is 0. The number of nitrogens with one attached hydrogen (secondary N) is 1. The number of nitrogens with zero attached hydrogens (tertiary/aromatic N) is 1. The first-order chi connectivity index (χ1) is 9.63. The minimum atomic E-state index is 0.714. The highest BCUT2D eigenvalue weighted by Gasteiger charge is 2.05. The van der Waals surface area contributed by atoms with E-state index in [1.165, 1.54) is 14.6 Å². The van der Waals surface area contributed by atoms with Gasteiger partial charge in [-0.2, -0.15) is 0 Å². The monoisotopic (exact) mass is 308 g/mol. The van der Waals surface area contributed by atoms with Gasteiger partial charge in [0.1, 0.15) is 0 Å². The summed E-state index contributed by atoms with van der Waals surface area (Å²) in [6.07, 6.45) is 0. The van der Waals surface area contributed by atoms with E-state index in [0.29, 0.717) is 5.92 Å². The Kier molecular flexibility index (Phi) is 6.23. The van der Waals surface area contributed by atoms with E-state index in [4.69, 9.17) is 0 Å². The van der Waals surface area contributed by atoms with Crippen molar-refractivity contribution in [3.05, 3.63) is 44.3 Å². The highest BCUT2D eigenvalue weighted by atomic mass is 32.1. The Morgan fingerprint density at radius 2 is 1.85 bits per heavy atom. The third kappa shape index (κ3) is 5.37. The lowest BCUT2D eigenvalue weighted by molar-refractivity contribution is 0.325. The molecule has 0 bridgehead atoms. The number of hydrogen-bond acceptors (Lipinski definition) is 4. The molecular formula is C16H24N2S2. The number of rotatable bonds is 8. The predicted octanol–water partition coefficient (Wildman–Crippen LogP) is 4.19. The molecular weight excluding hydrogens is 284 g/mol. The van der Waals surface area contributed by atoms with Crippen LogP contribution in [0.3, 0.4) is 0 Å². The van der Waals surface area contributed by atoms with E-state index < -0.39 is 0 Å². The Morgan fingerprint density at radius 1 is 1.10 bits per heavy atom. The van der Waals surface area contributed by atoms with Gasteiger partial charge in [0.05, 0.1) is 0 Å². The maximum atomic E-state index is 3.50. The van der Waals surface area contributed by atoms with Gasteiger partial charge in [0.25, 0.3) is 0 Å². The van der Waals surface area contributed by atoms with Gasteiger partial charge in [-0.1, -0.05) is 19.9 Å². The summed E-state index contributed by atoms with van der Waals surface area (Å²) in [4.78, 5) is 6.70. The molecule has 2 nitrogen and oxygen atoms in total. The molecule has 0 aliphatic rings. The fraction of sp³-hybridized carbons (Fsp3) is 0.500. The summed E-state index contributed by atoms with van der Waals surface area (Å²) in [7, 11) is 2.19. The van der Waals surface area contributed by atoms with Crippen LogP contribution in [0, 0.1) is 5.92 Å². The fourth-order valence-corrected chi connectivity index (χ4v) is 3.93. The fourth-order valence-electron chi connectivity index (χ4n) is 2.08. The Bertz CT molecular complexity index is 488. The van der Waals surface area contributed by atoms with Gasteiger partial charge in [-0.15, -0.1) is 22.7 Å². The first kappa shape index (κ1) is 15.7. The maximum absolute atomic E-state index is 3.50. The van der Waals surface area contributed by atoms with Crippen molar-refractivity contribution in [3.63, 3.8) is 0 Å². The van der Waals surface area contributed by atoms with Crippen LogP contribution in [0.2, 0.25) is 0 Å². The van der Waals surface area contributed by atoms with E-state index in [0.717, 1.165) is 26.2 Å². The van der Waals surface area contributed by atoms with E-state index in [1.54, 1.807) is 0 Å². The molecule has 0 saturated heterocycles. The molecule has 2 aromatic heterocycles. The van der Waals surface area contributed by atoms with Crippen molar-refractivity contribution in [1.29, 1.82) is 0 Å². The van der Waals surface area contributed by atoms with Gasteiger partial charge < -0.3 is 5.32 Å². The maximum Gasteiger partial charge on any atom is 0.0328 e. The summed E-state index contributed by atoms with van der Waals surface area (Å²) in [6.45, 7) is 8.64. The second-order valence-electron chi connectivity index (χ2n) is 5.64. The van der Waals surface area contributed by atoms with Crippen molar-refractivity contribution in [2.45, 2.75) is 33.5 Å². The topological polar surface area (TPSA) is 15.3 Å². The summed E-state index contributed by atoms with van der Waals surface area (Å²) in [5.74, 6) is 0.714. The third-order valence-corrected chi connectivity index (χ3v) is 4.93. The average molecular weight is 309 g/mol. The largest absolute Gasteiger partial charge is 0.312 e. The molecule has 110 valence electrons. The predicted molar refractivity (Wildman–Crippen MR) is 90.4 cm³/mol. The Balaban J connectivity index is 1.77. The molecule has 2 rings (SSSR count). The molecule has 0 saturated carbocycles. The molecule has 1 N–H and O–H groups in total. The minimum Gasteiger partial charge on any atom is -0.312 e. The molecule has 0 aliphatic carbocycles. The van der Waals surface area contributed by atoms with Crippen LogP contribution < -0.4 is 5.32 Å². The van der Waals surface area contributed by atoms with Crippen LogP contribution in [0.4, 0.5) is 0 Å². The van der Waals surface area contributed by atoms with Crippen LogP contribution in [0.15, 0.2) is 29.6 Å². The van der Waals surface area contributed by atoms with E-state index in [9.17, 15) is 0 Å². The molecule has 0 fully saturated rings. The second-order valence-corrected chi connectivity index (χ2v) is 7.93.